The lowest BCUT2D eigenvalue weighted by atomic mass is 10.1. The van der Waals surface area contributed by atoms with Crippen molar-refractivity contribution in [2.24, 2.45) is 7.05 Å². The van der Waals surface area contributed by atoms with Crippen LogP contribution in [0.15, 0.2) is 42.7 Å². The number of hydrogen-bond donors (Lipinski definition) is 0. The van der Waals surface area contributed by atoms with Gasteiger partial charge in [0.25, 0.3) is 5.88 Å². The Balaban J connectivity index is 1.60. The molecule has 0 radical (unpaired) electrons. The number of anilines is 1. The standard InChI is InChI=1S/C24H25ClF3N7O/c1-14(2)35-21(17(25)11-29-35)18-10-19(23(36-5)32-31-18)33(3)12-15-6-8-16(9-7-15)22-30-20(13-34(22)4)24(26,27)28/h6-11,13-14H,12H2,1-5H3. The maximum Gasteiger partial charge on any atom is 0.434 e. The molecule has 0 saturated carbocycles. The average molecular weight is 520 g/mol. The summed E-state index contributed by atoms with van der Waals surface area (Å²) in [6.07, 6.45) is -1.94. The summed E-state index contributed by atoms with van der Waals surface area (Å²) in [5.41, 5.74) is 2.50. The van der Waals surface area contributed by atoms with E-state index in [2.05, 4.69) is 20.3 Å². The molecule has 0 aliphatic heterocycles. The lowest BCUT2D eigenvalue weighted by Gasteiger charge is -2.22. The zero-order chi connectivity index (χ0) is 26.2. The highest BCUT2D eigenvalue weighted by molar-refractivity contribution is 6.32. The lowest BCUT2D eigenvalue weighted by Crippen LogP contribution is -2.18. The number of benzene rings is 1. The number of aryl methyl sites for hydroxylation is 1. The molecule has 0 fully saturated rings. The van der Waals surface area contributed by atoms with Crippen molar-refractivity contribution < 1.29 is 17.9 Å². The molecule has 3 heterocycles. The molecule has 4 aromatic rings. The van der Waals surface area contributed by atoms with E-state index in [4.69, 9.17) is 16.3 Å². The van der Waals surface area contributed by atoms with Crippen LogP contribution in [-0.4, -0.2) is 43.7 Å². The molecule has 0 unspecified atom stereocenters. The van der Waals surface area contributed by atoms with Crippen molar-refractivity contribution in [1.29, 1.82) is 0 Å². The van der Waals surface area contributed by atoms with Crippen LogP contribution in [0.2, 0.25) is 5.02 Å². The van der Waals surface area contributed by atoms with E-state index in [0.717, 1.165) is 11.8 Å². The Labute approximate surface area is 211 Å². The van der Waals surface area contributed by atoms with Gasteiger partial charge in [0.05, 0.1) is 18.3 Å². The molecule has 36 heavy (non-hydrogen) atoms. The van der Waals surface area contributed by atoms with Gasteiger partial charge >= 0.3 is 6.18 Å². The number of imidazole rings is 1. The number of hydrogen-bond acceptors (Lipinski definition) is 6. The number of nitrogens with zero attached hydrogens (tertiary/aromatic N) is 7. The fourth-order valence-corrected chi connectivity index (χ4v) is 4.09. The quantitative estimate of drug-likeness (QED) is 0.315. The van der Waals surface area contributed by atoms with Crippen LogP contribution < -0.4 is 9.64 Å². The Bertz CT molecular complexity index is 1360. The minimum absolute atomic E-state index is 0.0713. The molecular weight excluding hydrogens is 495 g/mol. The largest absolute Gasteiger partial charge is 0.478 e. The number of aromatic nitrogens is 6. The van der Waals surface area contributed by atoms with Crippen LogP contribution in [0.4, 0.5) is 18.9 Å². The van der Waals surface area contributed by atoms with Crippen LogP contribution in [0.3, 0.4) is 0 Å². The molecule has 1 aromatic carbocycles. The van der Waals surface area contributed by atoms with E-state index >= 15 is 0 Å². The maximum atomic E-state index is 13.0. The van der Waals surface area contributed by atoms with Crippen molar-refractivity contribution in [1.82, 2.24) is 29.5 Å². The summed E-state index contributed by atoms with van der Waals surface area (Å²) < 4.78 is 47.6. The second-order valence-corrected chi connectivity index (χ2v) is 9.02. The van der Waals surface area contributed by atoms with E-state index in [0.29, 0.717) is 40.1 Å². The first-order valence-corrected chi connectivity index (χ1v) is 11.4. The molecule has 0 spiro atoms. The molecule has 0 aliphatic carbocycles. The van der Waals surface area contributed by atoms with E-state index in [1.165, 1.54) is 18.7 Å². The summed E-state index contributed by atoms with van der Waals surface area (Å²) >= 11 is 6.40. The highest BCUT2D eigenvalue weighted by Gasteiger charge is 2.34. The Morgan fingerprint density at radius 3 is 2.42 bits per heavy atom. The fourth-order valence-electron chi connectivity index (χ4n) is 3.87. The Kier molecular flexibility index (Phi) is 6.94. The smallest absolute Gasteiger partial charge is 0.434 e. The number of methoxy groups -OCH3 is 1. The van der Waals surface area contributed by atoms with Gasteiger partial charge in [0.1, 0.15) is 22.9 Å². The van der Waals surface area contributed by atoms with Crippen LogP contribution in [0.5, 0.6) is 5.88 Å². The van der Waals surface area contributed by atoms with Crippen molar-refractivity contribution in [3.8, 4) is 28.7 Å². The van der Waals surface area contributed by atoms with Gasteiger partial charge in [0.2, 0.25) is 0 Å². The number of rotatable bonds is 7. The molecule has 0 bridgehead atoms. The molecule has 190 valence electrons. The van der Waals surface area contributed by atoms with Gasteiger partial charge in [-0.05, 0) is 25.5 Å². The van der Waals surface area contributed by atoms with Crippen molar-refractivity contribution >= 4 is 17.3 Å². The molecule has 3 aromatic heterocycles. The third-order valence-electron chi connectivity index (χ3n) is 5.63. The minimum atomic E-state index is -4.49. The van der Waals surface area contributed by atoms with Crippen molar-refractivity contribution in [2.45, 2.75) is 32.6 Å². The van der Waals surface area contributed by atoms with Crippen LogP contribution in [0.25, 0.3) is 22.8 Å². The van der Waals surface area contributed by atoms with E-state index in [1.807, 2.05) is 44.0 Å². The predicted molar refractivity (Wildman–Crippen MR) is 131 cm³/mol. The molecule has 4 rings (SSSR count). The van der Waals surface area contributed by atoms with E-state index in [9.17, 15) is 13.2 Å². The predicted octanol–water partition coefficient (Wildman–Crippen LogP) is 5.64. The molecule has 0 amide bonds. The van der Waals surface area contributed by atoms with Gasteiger partial charge < -0.3 is 14.2 Å². The highest BCUT2D eigenvalue weighted by Crippen LogP contribution is 2.34. The van der Waals surface area contributed by atoms with Crippen LogP contribution in [0, 0.1) is 0 Å². The van der Waals surface area contributed by atoms with Gasteiger partial charge in [-0.2, -0.15) is 18.3 Å². The van der Waals surface area contributed by atoms with E-state index < -0.39 is 11.9 Å². The summed E-state index contributed by atoms with van der Waals surface area (Å²) in [6.45, 7) is 4.47. The summed E-state index contributed by atoms with van der Waals surface area (Å²) in [5, 5.41) is 13.3. The highest BCUT2D eigenvalue weighted by atomic mass is 35.5. The Morgan fingerprint density at radius 1 is 1.14 bits per heavy atom. The van der Waals surface area contributed by atoms with Crippen LogP contribution in [0.1, 0.15) is 31.1 Å². The molecular formula is C24H25ClF3N7O. The Morgan fingerprint density at radius 2 is 1.83 bits per heavy atom. The first kappa shape index (κ1) is 25.5. The molecule has 12 heteroatoms. The van der Waals surface area contributed by atoms with Crippen molar-refractivity contribution in [2.75, 3.05) is 19.1 Å². The molecule has 0 aliphatic rings. The minimum Gasteiger partial charge on any atom is -0.478 e. The molecule has 0 N–H and O–H groups in total. The van der Waals surface area contributed by atoms with Crippen molar-refractivity contribution in [3.05, 3.63) is 59.0 Å². The summed E-state index contributed by atoms with van der Waals surface area (Å²) in [6, 6.07) is 9.11. The SMILES string of the molecule is COc1nnc(-c2c(Cl)cnn2C(C)C)cc1N(C)Cc1ccc(-c2nc(C(F)(F)F)cn2C)cc1. The zero-order valence-electron chi connectivity index (χ0n) is 20.4. The lowest BCUT2D eigenvalue weighted by molar-refractivity contribution is -0.140. The first-order chi connectivity index (χ1) is 17.0. The fraction of sp³-hybridized carbons (Fsp3) is 0.333. The number of ether oxygens (including phenoxy) is 1. The average Bonchev–Trinajstić information content (AvgIpc) is 3.42. The van der Waals surface area contributed by atoms with Gasteiger partial charge in [-0.3, -0.25) is 4.68 Å². The number of alkyl halides is 3. The topological polar surface area (TPSA) is 73.9 Å². The van der Waals surface area contributed by atoms with Gasteiger partial charge in [-0.1, -0.05) is 35.9 Å². The van der Waals surface area contributed by atoms with Crippen LogP contribution in [-0.2, 0) is 19.8 Å². The second-order valence-electron chi connectivity index (χ2n) is 8.61. The van der Waals surface area contributed by atoms with Crippen molar-refractivity contribution in [3.63, 3.8) is 0 Å². The second kappa shape index (κ2) is 9.81. The summed E-state index contributed by atoms with van der Waals surface area (Å²) in [4.78, 5) is 5.69. The van der Waals surface area contributed by atoms with E-state index in [-0.39, 0.29) is 11.9 Å². The molecule has 0 atom stereocenters. The van der Waals surface area contributed by atoms with Crippen LogP contribution >= 0.6 is 11.6 Å². The summed E-state index contributed by atoms with van der Waals surface area (Å²) in [7, 11) is 4.94. The van der Waals surface area contributed by atoms with Gasteiger partial charge in [0, 0.05) is 38.4 Å². The van der Waals surface area contributed by atoms with Gasteiger partial charge in [-0.25, -0.2) is 4.98 Å². The third kappa shape index (κ3) is 5.01. The first-order valence-electron chi connectivity index (χ1n) is 11.1. The monoisotopic (exact) mass is 519 g/mol. The molecule has 8 nitrogen and oxygen atoms in total. The molecule has 0 saturated heterocycles. The van der Waals surface area contributed by atoms with E-state index in [1.54, 1.807) is 23.0 Å². The number of halogens is 4. The Hall–Kier alpha value is -3.60. The normalized spacial score (nSPS) is 11.8. The third-order valence-corrected chi connectivity index (χ3v) is 5.90. The zero-order valence-corrected chi connectivity index (χ0v) is 21.1. The van der Waals surface area contributed by atoms with Gasteiger partial charge in [-0.15, -0.1) is 10.2 Å². The maximum absolute atomic E-state index is 13.0. The summed E-state index contributed by atoms with van der Waals surface area (Å²) in [5.74, 6) is 0.586. The van der Waals surface area contributed by atoms with Gasteiger partial charge in [0.15, 0.2) is 5.69 Å².